The Balaban J connectivity index is 1.37. The smallest absolute Gasteiger partial charge is 0.410 e. The Labute approximate surface area is 193 Å². The standard InChI is InChI=1S/C24H31N5O4/c1-23(2,3)33-22(32)29-12-7-16(14-24(29)9-10-24)15-5-6-17-18(13-15)27(4)26-20(17)28-11-8-19(30)25-21(28)31/h5-6,13,16H,7-12,14H2,1-4H3,(H,25,30,31). The van der Waals surface area contributed by atoms with Gasteiger partial charge in [-0.05, 0) is 70.1 Å². The largest absolute Gasteiger partial charge is 0.444 e. The van der Waals surface area contributed by atoms with Gasteiger partial charge in [0.25, 0.3) is 0 Å². The number of aromatic nitrogens is 2. The van der Waals surface area contributed by atoms with Gasteiger partial charge in [0.15, 0.2) is 5.82 Å². The van der Waals surface area contributed by atoms with Crippen molar-refractivity contribution in [3.8, 4) is 0 Å². The summed E-state index contributed by atoms with van der Waals surface area (Å²) in [6.45, 7) is 6.72. The number of benzene rings is 1. The molecule has 4 amide bonds. The Morgan fingerprint density at radius 1 is 1.21 bits per heavy atom. The number of hydrogen-bond donors (Lipinski definition) is 1. The van der Waals surface area contributed by atoms with Crippen LogP contribution in [0.2, 0.25) is 0 Å². The summed E-state index contributed by atoms with van der Waals surface area (Å²) in [6, 6.07) is 5.87. The van der Waals surface area contributed by atoms with E-state index in [0.29, 0.717) is 24.8 Å². The van der Waals surface area contributed by atoms with Crippen LogP contribution in [0.15, 0.2) is 18.2 Å². The zero-order valence-corrected chi connectivity index (χ0v) is 19.7. The number of rotatable bonds is 2. The third-order valence-corrected chi connectivity index (χ3v) is 6.98. The minimum Gasteiger partial charge on any atom is -0.444 e. The van der Waals surface area contributed by atoms with Gasteiger partial charge in [-0.1, -0.05) is 6.07 Å². The highest BCUT2D eigenvalue weighted by molar-refractivity contribution is 6.08. The van der Waals surface area contributed by atoms with E-state index in [9.17, 15) is 14.4 Å². The molecule has 5 rings (SSSR count). The van der Waals surface area contributed by atoms with Crippen LogP contribution in [-0.2, 0) is 16.6 Å². The van der Waals surface area contributed by atoms with Crippen molar-refractivity contribution in [1.82, 2.24) is 20.0 Å². The number of hydrogen-bond acceptors (Lipinski definition) is 5. The van der Waals surface area contributed by atoms with Gasteiger partial charge in [-0.2, -0.15) is 5.10 Å². The lowest BCUT2D eigenvalue weighted by atomic mass is 9.83. The van der Waals surface area contributed by atoms with Crippen molar-refractivity contribution in [3.63, 3.8) is 0 Å². The Kier molecular flexibility index (Phi) is 4.91. The molecule has 3 fully saturated rings. The monoisotopic (exact) mass is 453 g/mol. The molecule has 1 unspecified atom stereocenters. The molecule has 1 aromatic heterocycles. The fourth-order valence-electron chi connectivity index (χ4n) is 5.17. The van der Waals surface area contributed by atoms with Gasteiger partial charge in [0, 0.05) is 37.5 Å². The number of nitrogens with zero attached hydrogens (tertiary/aromatic N) is 4. The van der Waals surface area contributed by atoms with Crippen LogP contribution in [-0.4, -0.2) is 56.9 Å². The summed E-state index contributed by atoms with van der Waals surface area (Å²) in [4.78, 5) is 40.1. The molecule has 33 heavy (non-hydrogen) atoms. The predicted octanol–water partition coefficient (Wildman–Crippen LogP) is 3.67. The first-order valence-electron chi connectivity index (χ1n) is 11.6. The number of piperidine rings is 1. The molecule has 1 aliphatic carbocycles. The van der Waals surface area contributed by atoms with Crippen LogP contribution in [0, 0.1) is 0 Å². The normalized spacial score (nSPS) is 22.6. The number of carbonyl (C=O) groups excluding carboxylic acids is 3. The average molecular weight is 454 g/mol. The molecule has 1 saturated carbocycles. The molecule has 0 bridgehead atoms. The van der Waals surface area contributed by atoms with Gasteiger partial charge < -0.3 is 9.64 Å². The highest BCUT2D eigenvalue weighted by atomic mass is 16.6. The number of ether oxygens (including phenoxy) is 1. The van der Waals surface area contributed by atoms with E-state index >= 15 is 0 Å². The van der Waals surface area contributed by atoms with Gasteiger partial charge >= 0.3 is 12.1 Å². The summed E-state index contributed by atoms with van der Waals surface area (Å²) in [7, 11) is 1.87. The number of likely N-dealkylation sites (tertiary alicyclic amines) is 1. The number of urea groups is 1. The number of imide groups is 1. The number of carbonyl (C=O) groups is 3. The lowest BCUT2D eigenvalue weighted by Gasteiger charge is -2.40. The number of fused-ring (bicyclic) bond motifs is 1. The first-order valence-corrected chi connectivity index (χ1v) is 11.6. The highest BCUT2D eigenvalue weighted by Crippen LogP contribution is 2.53. The Morgan fingerprint density at radius 3 is 2.64 bits per heavy atom. The fourth-order valence-corrected chi connectivity index (χ4v) is 5.17. The van der Waals surface area contributed by atoms with Crippen LogP contribution in [0.5, 0.6) is 0 Å². The van der Waals surface area contributed by atoms with Crippen LogP contribution < -0.4 is 10.2 Å². The summed E-state index contributed by atoms with van der Waals surface area (Å²) < 4.78 is 7.45. The lowest BCUT2D eigenvalue weighted by Crippen LogP contribution is -2.49. The van der Waals surface area contributed by atoms with Gasteiger partial charge in [-0.25, -0.2) is 9.59 Å². The predicted molar refractivity (Wildman–Crippen MR) is 123 cm³/mol. The van der Waals surface area contributed by atoms with Gasteiger partial charge in [-0.3, -0.25) is 19.7 Å². The van der Waals surface area contributed by atoms with Crippen LogP contribution in [0.25, 0.3) is 10.9 Å². The minimum absolute atomic E-state index is 0.0871. The van der Waals surface area contributed by atoms with Crippen molar-refractivity contribution < 1.29 is 19.1 Å². The molecule has 2 saturated heterocycles. The second-order valence-electron chi connectivity index (χ2n) is 10.5. The molecule has 3 aliphatic rings. The maximum Gasteiger partial charge on any atom is 0.410 e. The number of aryl methyl sites for hydroxylation is 1. The molecular formula is C24H31N5O4. The molecule has 1 aromatic carbocycles. The van der Waals surface area contributed by atoms with Gasteiger partial charge in [0.05, 0.1) is 5.52 Å². The van der Waals surface area contributed by atoms with E-state index < -0.39 is 11.6 Å². The molecular weight excluding hydrogens is 422 g/mol. The van der Waals surface area contributed by atoms with Crippen molar-refractivity contribution in [2.45, 2.75) is 69.9 Å². The first-order chi connectivity index (χ1) is 15.6. The molecule has 9 heteroatoms. The molecule has 1 atom stereocenters. The van der Waals surface area contributed by atoms with Crippen molar-refractivity contribution in [2.75, 3.05) is 18.0 Å². The zero-order valence-electron chi connectivity index (χ0n) is 19.7. The van der Waals surface area contributed by atoms with Gasteiger partial charge in [0.2, 0.25) is 5.91 Å². The van der Waals surface area contributed by atoms with E-state index in [0.717, 1.165) is 36.6 Å². The molecule has 2 aliphatic heterocycles. The second-order valence-corrected chi connectivity index (χ2v) is 10.5. The first kappa shape index (κ1) is 21.7. The van der Waals surface area contributed by atoms with Crippen LogP contribution >= 0.6 is 0 Å². The minimum atomic E-state index is -0.495. The van der Waals surface area contributed by atoms with Gasteiger partial charge in [0.1, 0.15) is 5.60 Å². The summed E-state index contributed by atoms with van der Waals surface area (Å²) in [5.41, 5.74) is 1.60. The van der Waals surface area contributed by atoms with Crippen LogP contribution in [0.1, 0.15) is 64.4 Å². The van der Waals surface area contributed by atoms with Crippen molar-refractivity contribution in [3.05, 3.63) is 23.8 Å². The highest BCUT2D eigenvalue weighted by Gasteiger charge is 2.54. The van der Waals surface area contributed by atoms with E-state index in [4.69, 9.17) is 4.74 Å². The summed E-state index contributed by atoms with van der Waals surface area (Å²) >= 11 is 0. The Bertz CT molecular complexity index is 1140. The Morgan fingerprint density at radius 2 is 1.97 bits per heavy atom. The van der Waals surface area contributed by atoms with Crippen molar-refractivity contribution in [2.24, 2.45) is 7.05 Å². The SMILES string of the molecule is Cn1nc(N2CCC(=O)NC2=O)c2ccc(C3CCN(C(=O)OC(C)(C)C)C4(CC4)C3)cc21. The maximum atomic E-state index is 12.8. The molecule has 9 nitrogen and oxygen atoms in total. The summed E-state index contributed by atoms with van der Waals surface area (Å²) in [5.74, 6) is 0.665. The van der Waals surface area contributed by atoms with Crippen molar-refractivity contribution in [1.29, 1.82) is 0 Å². The topological polar surface area (TPSA) is 96.8 Å². The van der Waals surface area contributed by atoms with E-state index in [2.05, 4.69) is 22.5 Å². The molecule has 2 aromatic rings. The third kappa shape index (κ3) is 3.94. The molecule has 176 valence electrons. The fraction of sp³-hybridized carbons (Fsp3) is 0.583. The van der Waals surface area contributed by atoms with Crippen LogP contribution in [0.3, 0.4) is 0 Å². The van der Waals surface area contributed by atoms with Crippen LogP contribution in [0.4, 0.5) is 15.4 Å². The number of nitrogens with one attached hydrogen (secondary N) is 1. The average Bonchev–Trinajstić information content (AvgIpc) is 3.41. The summed E-state index contributed by atoms with van der Waals surface area (Å²) in [5, 5.41) is 7.84. The van der Waals surface area contributed by atoms with E-state index in [-0.39, 0.29) is 24.0 Å². The zero-order chi connectivity index (χ0) is 23.5. The maximum absolute atomic E-state index is 12.8. The lowest BCUT2D eigenvalue weighted by molar-refractivity contribution is -0.120. The number of amides is 4. The third-order valence-electron chi connectivity index (χ3n) is 6.98. The number of anilines is 1. The van der Waals surface area contributed by atoms with E-state index in [1.807, 2.05) is 38.8 Å². The molecule has 0 radical (unpaired) electrons. The molecule has 1 N–H and O–H groups in total. The molecule has 3 heterocycles. The van der Waals surface area contributed by atoms with Crippen molar-refractivity contribution >= 4 is 34.8 Å². The van der Waals surface area contributed by atoms with E-state index in [1.54, 1.807) is 4.68 Å². The summed E-state index contributed by atoms with van der Waals surface area (Å²) in [6.07, 6.45) is 3.91. The van der Waals surface area contributed by atoms with Gasteiger partial charge in [-0.15, -0.1) is 0 Å². The Hall–Kier alpha value is -3.10. The van der Waals surface area contributed by atoms with E-state index in [1.165, 1.54) is 10.5 Å². The molecule has 1 spiro atoms. The second kappa shape index (κ2) is 7.46. The quantitative estimate of drug-likeness (QED) is 0.748.